The van der Waals surface area contributed by atoms with Gasteiger partial charge in [0.1, 0.15) is 11.4 Å². The lowest BCUT2D eigenvalue weighted by molar-refractivity contribution is 0.0898. The number of aromatic nitrogens is 2. The third kappa shape index (κ3) is 3.38. The van der Waals surface area contributed by atoms with E-state index in [1.807, 2.05) is 43.3 Å². The van der Waals surface area contributed by atoms with Gasteiger partial charge in [0.2, 0.25) is 0 Å². The van der Waals surface area contributed by atoms with Gasteiger partial charge in [-0.3, -0.25) is 4.79 Å². The highest BCUT2D eigenvalue weighted by Gasteiger charge is 2.19. The average molecular weight is 325 g/mol. The molecule has 6 heteroatoms. The molecule has 0 aliphatic carbocycles. The SMILES string of the molecule is COCC(C)NC(=O)c1cc(-c2ccco2)nn1-c1ccccc1. The number of rotatable bonds is 6. The molecule has 3 rings (SSSR count). The van der Waals surface area contributed by atoms with Crippen LogP contribution in [0.2, 0.25) is 0 Å². The Balaban J connectivity index is 1.98. The van der Waals surface area contributed by atoms with Gasteiger partial charge in [0, 0.05) is 19.2 Å². The van der Waals surface area contributed by atoms with Crippen LogP contribution < -0.4 is 5.32 Å². The van der Waals surface area contributed by atoms with Crippen LogP contribution in [-0.2, 0) is 4.74 Å². The molecule has 124 valence electrons. The minimum Gasteiger partial charge on any atom is -0.463 e. The molecule has 0 saturated carbocycles. The molecule has 0 bridgehead atoms. The zero-order valence-corrected chi connectivity index (χ0v) is 13.6. The Kier molecular flexibility index (Phi) is 4.77. The highest BCUT2D eigenvalue weighted by molar-refractivity contribution is 5.94. The maximum Gasteiger partial charge on any atom is 0.270 e. The molecule has 2 heterocycles. The van der Waals surface area contributed by atoms with Crippen molar-refractivity contribution in [2.45, 2.75) is 13.0 Å². The summed E-state index contributed by atoms with van der Waals surface area (Å²) in [4.78, 5) is 12.6. The summed E-state index contributed by atoms with van der Waals surface area (Å²) in [6.07, 6.45) is 1.58. The summed E-state index contributed by atoms with van der Waals surface area (Å²) in [5.74, 6) is 0.400. The molecule has 1 amide bonds. The maximum absolute atomic E-state index is 12.6. The third-order valence-corrected chi connectivity index (χ3v) is 3.51. The Morgan fingerprint density at radius 3 is 2.75 bits per heavy atom. The van der Waals surface area contributed by atoms with E-state index in [1.54, 1.807) is 30.2 Å². The summed E-state index contributed by atoms with van der Waals surface area (Å²) in [5.41, 5.74) is 1.85. The topological polar surface area (TPSA) is 69.3 Å². The van der Waals surface area contributed by atoms with Crippen molar-refractivity contribution in [2.24, 2.45) is 0 Å². The second-order valence-corrected chi connectivity index (χ2v) is 5.47. The van der Waals surface area contributed by atoms with Crippen molar-refractivity contribution < 1.29 is 13.9 Å². The molecular formula is C18H19N3O3. The van der Waals surface area contributed by atoms with Crippen molar-refractivity contribution in [3.05, 3.63) is 60.5 Å². The quantitative estimate of drug-likeness (QED) is 0.756. The van der Waals surface area contributed by atoms with Crippen molar-refractivity contribution in [1.29, 1.82) is 0 Å². The third-order valence-electron chi connectivity index (χ3n) is 3.51. The lowest BCUT2D eigenvalue weighted by atomic mass is 10.2. The first-order valence-electron chi connectivity index (χ1n) is 7.68. The van der Waals surface area contributed by atoms with E-state index < -0.39 is 0 Å². The highest BCUT2D eigenvalue weighted by atomic mass is 16.5. The largest absolute Gasteiger partial charge is 0.463 e. The molecule has 1 unspecified atom stereocenters. The van der Waals surface area contributed by atoms with E-state index in [9.17, 15) is 4.79 Å². The van der Waals surface area contributed by atoms with Gasteiger partial charge < -0.3 is 14.5 Å². The van der Waals surface area contributed by atoms with Gasteiger partial charge in [0.05, 0.1) is 18.6 Å². The zero-order valence-electron chi connectivity index (χ0n) is 13.6. The molecule has 0 aliphatic heterocycles. The van der Waals surface area contributed by atoms with Gasteiger partial charge in [-0.05, 0) is 31.2 Å². The van der Waals surface area contributed by atoms with Crippen LogP contribution in [0.5, 0.6) is 0 Å². The van der Waals surface area contributed by atoms with E-state index >= 15 is 0 Å². The molecule has 0 radical (unpaired) electrons. The van der Waals surface area contributed by atoms with E-state index in [4.69, 9.17) is 9.15 Å². The summed E-state index contributed by atoms with van der Waals surface area (Å²) >= 11 is 0. The molecule has 2 aromatic heterocycles. The first-order chi connectivity index (χ1) is 11.7. The number of carbonyl (C=O) groups is 1. The Bertz CT molecular complexity index is 794. The molecule has 1 N–H and O–H groups in total. The Hall–Kier alpha value is -2.86. The summed E-state index contributed by atoms with van der Waals surface area (Å²) in [5, 5.41) is 7.44. The normalized spacial score (nSPS) is 12.1. The summed E-state index contributed by atoms with van der Waals surface area (Å²) in [6, 6.07) is 14.7. The fourth-order valence-electron chi connectivity index (χ4n) is 2.44. The number of furan rings is 1. The molecule has 1 atom stereocenters. The van der Waals surface area contributed by atoms with E-state index in [0.717, 1.165) is 5.69 Å². The number of hydrogen-bond donors (Lipinski definition) is 1. The predicted octanol–water partition coefficient (Wildman–Crippen LogP) is 2.90. The van der Waals surface area contributed by atoms with Gasteiger partial charge in [-0.1, -0.05) is 18.2 Å². The molecule has 1 aromatic carbocycles. The van der Waals surface area contributed by atoms with Crippen LogP contribution >= 0.6 is 0 Å². The second-order valence-electron chi connectivity index (χ2n) is 5.47. The molecule has 0 saturated heterocycles. The molecule has 0 aliphatic rings. The van der Waals surface area contributed by atoms with Crippen LogP contribution in [0.1, 0.15) is 17.4 Å². The van der Waals surface area contributed by atoms with E-state index in [2.05, 4.69) is 10.4 Å². The maximum atomic E-state index is 12.6. The number of benzene rings is 1. The first-order valence-corrected chi connectivity index (χ1v) is 7.68. The number of ether oxygens (including phenoxy) is 1. The van der Waals surface area contributed by atoms with Crippen LogP contribution in [0, 0.1) is 0 Å². The number of methoxy groups -OCH3 is 1. The van der Waals surface area contributed by atoms with Crippen molar-refractivity contribution in [3.63, 3.8) is 0 Å². The number of carbonyl (C=O) groups excluding carboxylic acids is 1. The summed E-state index contributed by atoms with van der Waals surface area (Å²) in [7, 11) is 1.60. The Morgan fingerprint density at radius 1 is 1.29 bits per heavy atom. The first kappa shape index (κ1) is 16.0. The molecule has 0 fully saturated rings. The van der Waals surface area contributed by atoms with E-state index in [-0.39, 0.29) is 11.9 Å². The predicted molar refractivity (Wildman–Crippen MR) is 90.1 cm³/mol. The van der Waals surface area contributed by atoms with E-state index in [0.29, 0.717) is 23.8 Å². The van der Waals surface area contributed by atoms with Crippen molar-refractivity contribution in [1.82, 2.24) is 15.1 Å². The molecule has 3 aromatic rings. The zero-order chi connectivity index (χ0) is 16.9. The smallest absolute Gasteiger partial charge is 0.270 e. The Morgan fingerprint density at radius 2 is 2.08 bits per heavy atom. The van der Waals surface area contributed by atoms with Crippen molar-refractivity contribution in [3.8, 4) is 17.1 Å². The van der Waals surface area contributed by atoms with Gasteiger partial charge in [0.25, 0.3) is 5.91 Å². The van der Waals surface area contributed by atoms with Gasteiger partial charge in [0.15, 0.2) is 5.76 Å². The standard InChI is InChI=1S/C18H19N3O3/c1-13(12-23-2)19-18(22)16-11-15(17-9-6-10-24-17)20-21(16)14-7-4-3-5-8-14/h3-11,13H,12H2,1-2H3,(H,19,22). The summed E-state index contributed by atoms with van der Waals surface area (Å²) in [6.45, 7) is 2.33. The number of hydrogen-bond acceptors (Lipinski definition) is 4. The molecule has 24 heavy (non-hydrogen) atoms. The van der Waals surface area contributed by atoms with Crippen molar-refractivity contribution in [2.75, 3.05) is 13.7 Å². The average Bonchev–Trinajstić information content (AvgIpc) is 3.25. The fourth-order valence-corrected chi connectivity index (χ4v) is 2.44. The van der Waals surface area contributed by atoms with E-state index in [1.165, 1.54) is 0 Å². The number of nitrogens with one attached hydrogen (secondary N) is 1. The molecule has 6 nitrogen and oxygen atoms in total. The summed E-state index contributed by atoms with van der Waals surface area (Å²) < 4.78 is 12.1. The van der Waals surface area contributed by atoms with Gasteiger partial charge in [-0.15, -0.1) is 0 Å². The van der Waals surface area contributed by atoms with Gasteiger partial charge >= 0.3 is 0 Å². The van der Waals surface area contributed by atoms with Crippen LogP contribution in [0.25, 0.3) is 17.1 Å². The van der Waals surface area contributed by atoms with Crippen molar-refractivity contribution >= 4 is 5.91 Å². The Labute approximate surface area is 140 Å². The molecular weight excluding hydrogens is 306 g/mol. The molecule has 0 spiro atoms. The van der Waals surface area contributed by atoms with Crippen LogP contribution in [0.4, 0.5) is 0 Å². The van der Waals surface area contributed by atoms with Crippen LogP contribution in [0.15, 0.2) is 59.2 Å². The minimum atomic E-state index is -0.214. The number of nitrogens with zero attached hydrogens (tertiary/aromatic N) is 2. The van der Waals surface area contributed by atoms with Gasteiger partial charge in [-0.25, -0.2) is 4.68 Å². The minimum absolute atomic E-state index is 0.103. The lowest BCUT2D eigenvalue weighted by Crippen LogP contribution is -2.36. The number of amides is 1. The van der Waals surface area contributed by atoms with Gasteiger partial charge in [-0.2, -0.15) is 5.10 Å². The second kappa shape index (κ2) is 7.14. The van der Waals surface area contributed by atoms with Crippen LogP contribution in [0.3, 0.4) is 0 Å². The highest BCUT2D eigenvalue weighted by Crippen LogP contribution is 2.22. The number of para-hydroxylation sites is 1. The monoisotopic (exact) mass is 325 g/mol. The van der Waals surface area contributed by atoms with Crippen LogP contribution in [-0.4, -0.2) is 35.4 Å². The fraction of sp³-hybridized carbons (Fsp3) is 0.222. The lowest BCUT2D eigenvalue weighted by Gasteiger charge is -2.13.